The van der Waals surface area contributed by atoms with Crippen LogP contribution in [0.5, 0.6) is 0 Å². The van der Waals surface area contributed by atoms with Gasteiger partial charge in [0.25, 0.3) is 0 Å². The Kier molecular flexibility index (Phi) is 7.38. The van der Waals surface area contributed by atoms with Gasteiger partial charge in [0.2, 0.25) is 0 Å². The van der Waals surface area contributed by atoms with Gasteiger partial charge in [-0.05, 0) is 37.8 Å². The lowest BCUT2D eigenvalue weighted by atomic mass is 10.0. The fourth-order valence-electron chi connectivity index (χ4n) is 1.34. The van der Waals surface area contributed by atoms with Crippen LogP contribution in [0, 0.1) is 0 Å². The lowest BCUT2D eigenvalue weighted by molar-refractivity contribution is 0.313. The largest absolute Gasteiger partial charge is 0.333 e. The molecular formula is C11H18ClNO3S. The van der Waals surface area contributed by atoms with Crippen molar-refractivity contribution in [1.29, 1.82) is 0 Å². The predicted molar refractivity (Wildman–Crippen MR) is 70.8 cm³/mol. The van der Waals surface area contributed by atoms with Crippen LogP contribution in [0.3, 0.4) is 0 Å². The van der Waals surface area contributed by atoms with E-state index in [4.69, 9.17) is 16.7 Å². The van der Waals surface area contributed by atoms with Crippen LogP contribution in [0.15, 0.2) is 34.9 Å². The van der Waals surface area contributed by atoms with E-state index >= 15 is 0 Å². The van der Waals surface area contributed by atoms with Crippen LogP contribution in [0.4, 0.5) is 0 Å². The molecule has 0 heterocycles. The van der Waals surface area contributed by atoms with E-state index in [0.29, 0.717) is 17.9 Å². The Hall–Kier alpha value is -0.620. The van der Waals surface area contributed by atoms with Gasteiger partial charge in [-0.15, -0.1) is 0 Å². The van der Waals surface area contributed by atoms with E-state index in [1.807, 2.05) is 13.0 Å². The number of hydrogen-bond donors (Lipinski definition) is 1. The maximum Gasteiger partial charge on any atom is 0.333 e. The van der Waals surface area contributed by atoms with E-state index in [-0.39, 0.29) is 6.61 Å². The molecule has 0 aliphatic heterocycles. The standard InChI is InChI=1S/C11H18ClNO3S/c1-4-6-9(2)11(10(3)12)7-5-8-16-17(13,14)15/h4,6H,1,5,7-8H2,2-3H3,(H2,13,14,15)/b9-6-,11-10+. The highest BCUT2D eigenvalue weighted by molar-refractivity contribution is 7.84. The van der Waals surface area contributed by atoms with Crippen LogP contribution in [-0.2, 0) is 14.5 Å². The second kappa shape index (κ2) is 7.66. The van der Waals surface area contributed by atoms with Crippen LogP contribution < -0.4 is 5.14 Å². The van der Waals surface area contributed by atoms with E-state index in [9.17, 15) is 8.42 Å². The van der Waals surface area contributed by atoms with Gasteiger partial charge < -0.3 is 0 Å². The summed E-state index contributed by atoms with van der Waals surface area (Å²) in [7, 11) is -3.85. The molecule has 17 heavy (non-hydrogen) atoms. The number of nitrogens with two attached hydrogens (primary N) is 1. The molecule has 0 bridgehead atoms. The monoisotopic (exact) mass is 279 g/mol. The molecule has 0 unspecified atom stereocenters. The summed E-state index contributed by atoms with van der Waals surface area (Å²) in [6, 6.07) is 0. The molecule has 98 valence electrons. The van der Waals surface area contributed by atoms with Crippen LogP contribution in [0.2, 0.25) is 0 Å². The third kappa shape index (κ3) is 8.15. The highest BCUT2D eigenvalue weighted by Crippen LogP contribution is 2.22. The maximum atomic E-state index is 10.5. The van der Waals surface area contributed by atoms with Crippen molar-refractivity contribution in [2.24, 2.45) is 5.14 Å². The van der Waals surface area contributed by atoms with Gasteiger partial charge >= 0.3 is 10.3 Å². The minimum atomic E-state index is -3.85. The molecule has 0 aromatic rings. The molecule has 0 aromatic carbocycles. The van der Waals surface area contributed by atoms with Crippen LogP contribution in [-0.4, -0.2) is 15.0 Å². The van der Waals surface area contributed by atoms with Crippen molar-refractivity contribution >= 4 is 21.9 Å². The minimum absolute atomic E-state index is 0.0495. The lowest BCUT2D eigenvalue weighted by Crippen LogP contribution is -2.16. The van der Waals surface area contributed by atoms with Crippen molar-refractivity contribution in [2.75, 3.05) is 6.61 Å². The fourth-order valence-corrected chi connectivity index (χ4v) is 1.94. The number of rotatable bonds is 7. The van der Waals surface area contributed by atoms with E-state index in [0.717, 1.165) is 11.1 Å². The second-order valence-electron chi connectivity index (χ2n) is 3.52. The Morgan fingerprint density at radius 2 is 2.06 bits per heavy atom. The first-order chi connectivity index (χ1) is 7.78. The topological polar surface area (TPSA) is 69.4 Å². The summed E-state index contributed by atoms with van der Waals surface area (Å²) in [5.41, 5.74) is 1.97. The summed E-state index contributed by atoms with van der Waals surface area (Å²) < 4.78 is 25.5. The van der Waals surface area contributed by atoms with Crippen molar-refractivity contribution in [3.8, 4) is 0 Å². The predicted octanol–water partition coefficient (Wildman–Crippen LogP) is 2.63. The molecule has 0 aliphatic carbocycles. The summed E-state index contributed by atoms with van der Waals surface area (Å²) in [5.74, 6) is 0. The second-order valence-corrected chi connectivity index (χ2v) is 5.30. The van der Waals surface area contributed by atoms with E-state index < -0.39 is 10.3 Å². The van der Waals surface area contributed by atoms with E-state index in [1.165, 1.54) is 0 Å². The Balaban J connectivity index is 4.38. The van der Waals surface area contributed by atoms with Crippen molar-refractivity contribution < 1.29 is 12.6 Å². The molecule has 4 nitrogen and oxygen atoms in total. The van der Waals surface area contributed by atoms with Crippen LogP contribution >= 0.6 is 11.6 Å². The van der Waals surface area contributed by atoms with E-state index in [2.05, 4.69) is 10.8 Å². The molecule has 0 spiro atoms. The molecule has 0 aliphatic rings. The molecule has 0 radical (unpaired) electrons. The molecule has 0 atom stereocenters. The molecule has 6 heteroatoms. The van der Waals surface area contributed by atoms with Crippen molar-refractivity contribution in [3.05, 3.63) is 34.9 Å². The zero-order chi connectivity index (χ0) is 13.5. The first-order valence-electron chi connectivity index (χ1n) is 5.10. The maximum absolute atomic E-state index is 10.5. The van der Waals surface area contributed by atoms with Gasteiger partial charge in [0.05, 0.1) is 6.61 Å². The molecule has 0 aromatic heterocycles. The third-order valence-electron chi connectivity index (χ3n) is 2.08. The first-order valence-corrected chi connectivity index (χ1v) is 6.95. The normalized spacial score (nSPS) is 14.5. The van der Waals surface area contributed by atoms with Gasteiger partial charge in [-0.25, -0.2) is 5.14 Å². The molecule has 0 fully saturated rings. The van der Waals surface area contributed by atoms with Gasteiger partial charge in [-0.3, -0.25) is 4.18 Å². The first kappa shape index (κ1) is 16.4. The zero-order valence-corrected chi connectivity index (χ0v) is 11.6. The summed E-state index contributed by atoms with van der Waals surface area (Å²) >= 11 is 5.96. The lowest BCUT2D eigenvalue weighted by Gasteiger charge is -2.09. The Bertz CT molecular complexity index is 420. The highest BCUT2D eigenvalue weighted by atomic mass is 35.5. The molecule has 0 rings (SSSR count). The average molecular weight is 280 g/mol. The van der Waals surface area contributed by atoms with Gasteiger partial charge in [-0.2, -0.15) is 8.42 Å². The van der Waals surface area contributed by atoms with Crippen molar-refractivity contribution in [3.63, 3.8) is 0 Å². The van der Waals surface area contributed by atoms with Gasteiger partial charge in [0.1, 0.15) is 0 Å². The molecular weight excluding hydrogens is 262 g/mol. The third-order valence-corrected chi connectivity index (χ3v) is 2.80. The smallest absolute Gasteiger partial charge is 0.258 e. The molecule has 0 saturated carbocycles. The Labute approximate surface area is 108 Å². The fraction of sp³-hybridized carbons (Fsp3) is 0.455. The van der Waals surface area contributed by atoms with Gasteiger partial charge in [-0.1, -0.05) is 30.3 Å². The van der Waals surface area contributed by atoms with Crippen molar-refractivity contribution in [1.82, 2.24) is 0 Å². The van der Waals surface area contributed by atoms with Crippen LogP contribution in [0.1, 0.15) is 26.7 Å². The summed E-state index contributed by atoms with van der Waals surface area (Å²) in [4.78, 5) is 0. The van der Waals surface area contributed by atoms with Crippen LogP contribution in [0.25, 0.3) is 0 Å². The van der Waals surface area contributed by atoms with Crippen molar-refractivity contribution in [2.45, 2.75) is 26.7 Å². The Morgan fingerprint density at radius 3 is 2.47 bits per heavy atom. The minimum Gasteiger partial charge on any atom is -0.258 e. The van der Waals surface area contributed by atoms with Gasteiger partial charge in [0.15, 0.2) is 0 Å². The quantitative estimate of drug-likeness (QED) is 0.575. The highest BCUT2D eigenvalue weighted by Gasteiger charge is 2.06. The summed E-state index contributed by atoms with van der Waals surface area (Å²) in [6.07, 6.45) is 4.68. The molecule has 0 amide bonds. The summed E-state index contributed by atoms with van der Waals surface area (Å²) in [6.45, 7) is 7.37. The number of hydrogen-bond acceptors (Lipinski definition) is 3. The summed E-state index contributed by atoms with van der Waals surface area (Å²) in [5, 5.41) is 5.38. The SMILES string of the molecule is C=C/C=C(C)\C(CCCOS(N)(=O)=O)=C(/C)Cl. The zero-order valence-electron chi connectivity index (χ0n) is 10.1. The molecule has 2 N–H and O–H groups in total. The van der Waals surface area contributed by atoms with E-state index in [1.54, 1.807) is 13.0 Å². The average Bonchev–Trinajstić information content (AvgIpc) is 2.15. The Morgan fingerprint density at radius 1 is 1.47 bits per heavy atom. The number of halogens is 1. The number of allylic oxidation sites excluding steroid dienone is 5. The van der Waals surface area contributed by atoms with Gasteiger partial charge in [0, 0.05) is 5.03 Å². The molecule has 0 saturated heterocycles.